The van der Waals surface area contributed by atoms with Crippen LogP contribution in [0.5, 0.6) is 0 Å². The smallest absolute Gasteiger partial charge is 0.372 e. The predicted molar refractivity (Wildman–Crippen MR) is 103 cm³/mol. The third-order valence-corrected chi connectivity index (χ3v) is 4.49. The Morgan fingerprint density at radius 2 is 2.03 bits per heavy atom. The monoisotopic (exact) mass is 441 g/mol. The van der Waals surface area contributed by atoms with E-state index in [0.29, 0.717) is 5.56 Å². The van der Waals surface area contributed by atoms with Gasteiger partial charge in [-0.15, -0.1) is 0 Å². The van der Waals surface area contributed by atoms with Crippen molar-refractivity contribution in [3.63, 3.8) is 0 Å². The molecular formula is C18H15Cl2F2N5O2. The molecular weight excluding hydrogens is 427 g/mol. The van der Waals surface area contributed by atoms with Crippen molar-refractivity contribution in [1.29, 1.82) is 0 Å². The number of aromatic nitrogens is 4. The highest BCUT2D eigenvalue weighted by Gasteiger charge is 2.20. The van der Waals surface area contributed by atoms with E-state index in [4.69, 9.17) is 23.2 Å². The zero-order chi connectivity index (χ0) is 21.1. The lowest BCUT2D eigenvalue weighted by Gasteiger charge is -2.15. The molecule has 0 fully saturated rings. The lowest BCUT2D eigenvalue weighted by atomic mass is 10.2. The van der Waals surface area contributed by atoms with Crippen LogP contribution in [0.4, 0.5) is 8.78 Å². The number of imidazole rings is 1. The van der Waals surface area contributed by atoms with Gasteiger partial charge >= 0.3 is 5.97 Å². The van der Waals surface area contributed by atoms with Crippen LogP contribution in [0.25, 0.3) is 11.4 Å². The fourth-order valence-corrected chi connectivity index (χ4v) is 2.99. The number of carbonyl (C=O) groups is 1. The summed E-state index contributed by atoms with van der Waals surface area (Å²) in [5.74, 6) is -3.26. The maximum Gasteiger partial charge on any atom is 0.372 e. The Labute approximate surface area is 174 Å². The molecule has 0 radical (unpaired) electrons. The maximum atomic E-state index is 13.3. The van der Waals surface area contributed by atoms with Crippen LogP contribution < -0.4 is 5.32 Å². The standard InChI is InChI=1S/C18H15Cl2F2N5O2/c1-9(23-5-10-2-3-12(21)13(22)4-10)7-27-8-14(25-16(27)17(28)29)15-11(19)6-24-18(20)26-15/h2-4,6,8-9,23H,5,7H2,1H3,(H,28,29). The summed E-state index contributed by atoms with van der Waals surface area (Å²) < 4.78 is 27.8. The molecule has 1 atom stereocenters. The van der Waals surface area contributed by atoms with Gasteiger partial charge < -0.3 is 15.0 Å². The second-order valence-corrected chi connectivity index (χ2v) is 7.02. The van der Waals surface area contributed by atoms with E-state index in [1.54, 1.807) is 0 Å². The first kappa shape index (κ1) is 21.1. The summed E-state index contributed by atoms with van der Waals surface area (Å²) >= 11 is 11.9. The summed E-state index contributed by atoms with van der Waals surface area (Å²) in [5.41, 5.74) is 1.02. The van der Waals surface area contributed by atoms with E-state index < -0.39 is 17.6 Å². The molecule has 29 heavy (non-hydrogen) atoms. The minimum absolute atomic E-state index is 0.0441. The van der Waals surface area contributed by atoms with Crippen LogP contribution in [0, 0.1) is 11.6 Å². The number of nitrogens with zero attached hydrogens (tertiary/aromatic N) is 4. The molecule has 7 nitrogen and oxygen atoms in total. The number of hydrogen-bond donors (Lipinski definition) is 2. The van der Waals surface area contributed by atoms with Crippen LogP contribution >= 0.6 is 23.2 Å². The SMILES string of the molecule is CC(Cn1cc(-c2nc(Cl)ncc2Cl)nc1C(=O)O)NCc1ccc(F)c(F)c1. The quantitative estimate of drug-likeness (QED) is 0.541. The fourth-order valence-electron chi connectivity index (χ4n) is 2.67. The van der Waals surface area contributed by atoms with Crippen LogP contribution in [0.15, 0.2) is 30.6 Å². The van der Waals surface area contributed by atoms with E-state index in [1.165, 1.54) is 23.0 Å². The van der Waals surface area contributed by atoms with Gasteiger partial charge in [0.1, 0.15) is 11.4 Å². The third kappa shape index (κ3) is 5.06. The molecule has 152 valence electrons. The van der Waals surface area contributed by atoms with E-state index >= 15 is 0 Å². The molecule has 1 unspecified atom stereocenters. The number of aromatic carboxylic acids is 1. The predicted octanol–water partition coefficient (Wildman–Crippen LogP) is 3.80. The summed E-state index contributed by atoms with van der Waals surface area (Å²) in [6.07, 6.45) is 2.81. The molecule has 1 aromatic carbocycles. The first-order chi connectivity index (χ1) is 13.7. The maximum absolute atomic E-state index is 13.3. The van der Waals surface area contributed by atoms with E-state index in [9.17, 15) is 18.7 Å². The normalized spacial score (nSPS) is 12.2. The first-order valence-electron chi connectivity index (χ1n) is 8.40. The van der Waals surface area contributed by atoms with Gasteiger partial charge in [-0.2, -0.15) is 0 Å². The molecule has 0 aliphatic rings. The highest BCUT2D eigenvalue weighted by molar-refractivity contribution is 6.33. The molecule has 3 aromatic rings. The van der Waals surface area contributed by atoms with Gasteiger partial charge in [0.25, 0.3) is 0 Å². The van der Waals surface area contributed by atoms with E-state index in [1.807, 2.05) is 6.92 Å². The second kappa shape index (κ2) is 8.81. The Hall–Kier alpha value is -2.62. The Balaban J connectivity index is 1.77. The largest absolute Gasteiger partial charge is 0.475 e. The van der Waals surface area contributed by atoms with Gasteiger partial charge in [0, 0.05) is 25.3 Å². The van der Waals surface area contributed by atoms with Crippen molar-refractivity contribution in [2.24, 2.45) is 0 Å². The van der Waals surface area contributed by atoms with E-state index in [0.717, 1.165) is 12.1 Å². The average Bonchev–Trinajstić information content (AvgIpc) is 3.08. The van der Waals surface area contributed by atoms with Crippen molar-refractivity contribution in [2.45, 2.75) is 26.1 Å². The van der Waals surface area contributed by atoms with Crippen LogP contribution in [0.3, 0.4) is 0 Å². The van der Waals surface area contributed by atoms with E-state index in [-0.39, 0.29) is 46.6 Å². The van der Waals surface area contributed by atoms with Crippen molar-refractivity contribution < 1.29 is 18.7 Å². The van der Waals surface area contributed by atoms with Gasteiger partial charge in [-0.05, 0) is 36.2 Å². The Bertz CT molecular complexity index is 1060. The van der Waals surface area contributed by atoms with Gasteiger partial charge in [-0.25, -0.2) is 28.5 Å². The number of rotatable bonds is 7. The number of nitrogens with one attached hydrogen (secondary N) is 1. The number of hydrogen-bond acceptors (Lipinski definition) is 5. The summed E-state index contributed by atoms with van der Waals surface area (Å²) in [6.45, 7) is 2.34. The minimum atomic E-state index is -1.22. The van der Waals surface area contributed by atoms with Crippen molar-refractivity contribution in [1.82, 2.24) is 24.8 Å². The lowest BCUT2D eigenvalue weighted by Crippen LogP contribution is -2.30. The summed E-state index contributed by atoms with van der Waals surface area (Å²) in [6, 6.07) is 3.41. The van der Waals surface area contributed by atoms with Crippen LogP contribution in [0.1, 0.15) is 23.1 Å². The fraction of sp³-hybridized carbons (Fsp3) is 0.222. The molecule has 0 saturated heterocycles. The highest BCUT2D eigenvalue weighted by atomic mass is 35.5. The van der Waals surface area contributed by atoms with Crippen LogP contribution in [0.2, 0.25) is 10.3 Å². The zero-order valence-corrected chi connectivity index (χ0v) is 16.5. The molecule has 11 heteroatoms. The zero-order valence-electron chi connectivity index (χ0n) is 15.0. The number of halogens is 4. The molecule has 0 bridgehead atoms. The molecule has 2 aromatic heterocycles. The Morgan fingerprint density at radius 3 is 2.72 bits per heavy atom. The van der Waals surface area contributed by atoms with Gasteiger partial charge in [-0.3, -0.25) is 0 Å². The molecule has 2 N–H and O–H groups in total. The second-order valence-electron chi connectivity index (χ2n) is 6.27. The number of benzene rings is 1. The molecule has 0 aliphatic heterocycles. The summed E-state index contributed by atoms with van der Waals surface area (Å²) in [7, 11) is 0. The molecule has 0 aliphatic carbocycles. The van der Waals surface area contributed by atoms with Crippen molar-refractivity contribution >= 4 is 29.2 Å². The van der Waals surface area contributed by atoms with Gasteiger partial charge in [0.15, 0.2) is 11.6 Å². The van der Waals surface area contributed by atoms with Gasteiger partial charge in [0.2, 0.25) is 11.1 Å². The molecule has 2 heterocycles. The van der Waals surface area contributed by atoms with Crippen molar-refractivity contribution in [2.75, 3.05) is 0 Å². The van der Waals surface area contributed by atoms with Gasteiger partial charge in [0.05, 0.1) is 11.2 Å². The molecule has 0 spiro atoms. The molecule has 0 amide bonds. The summed E-state index contributed by atoms with van der Waals surface area (Å²) in [5, 5.41) is 12.7. The Morgan fingerprint density at radius 1 is 1.28 bits per heavy atom. The first-order valence-corrected chi connectivity index (χ1v) is 9.16. The number of carboxylic acid groups (broad SMARTS) is 1. The lowest BCUT2D eigenvalue weighted by molar-refractivity contribution is 0.0677. The minimum Gasteiger partial charge on any atom is -0.475 e. The average molecular weight is 442 g/mol. The van der Waals surface area contributed by atoms with Gasteiger partial charge in [-0.1, -0.05) is 17.7 Å². The number of carboxylic acids is 1. The summed E-state index contributed by atoms with van der Waals surface area (Å²) in [4.78, 5) is 23.4. The van der Waals surface area contributed by atoms with E-state index in [2.05, 4.69) is 20.3 Å². The topological polar surface area (TPSA) is 92.9 Å². The molecule has 3 rings (SSSR count). The Kier molecular flexibility index (Phi) is 6.41. The van der Waals surface area contributed by atoms with Crippen LogP contribution in [-0.4, -0.2) is 36.6 Å². The third-order valence-electron chi connectivity index (χ3n) is 4.03. The van der Waals surface area contributed by atoms with Crippen molar-refractivity contribution in [3.8, 4) is 11.4 Å². The highest BCUT2D eigenvalue weighted by Crippen LogP contribution is 2.26. The van der Waals surface area contributed by atoms with Crippen LogP contribution in [-0.2, 0) is 13.1 Å². The molecule has 0 saturated carbocycles. The van der Waals surface area contributed by atoms with Crippen molar-refractivity contribution in [3.05, 3.63) is 63.9 Å².